The van der Waals surface area contributed by atoms with Crippen LogP contribution in [0.1, 0.15) is 23.6 Å². The molecule has 3 aromatic rings. The van der Waals surface area contributed by atoms with Gasteiger partial charge in [-0.15, -0.1) is 0 Å². The molecule has 4 rings (SSSR count). The molecule has 0 radical (unpaired) electrons. The lowest BCUT2D eigenvalue weighted by Gasteiger charge is -2.19. The third-order valence-electron chi connectivity index (χ3n) is 5.39. The molecular formula is C28H26N2O5. The van der Waals surface area contributed by atoms with E-state index < -0.39 is 5.91 Å². The van der Waals surface area contributed by atoms with Crippen LogP contribution < -0.4 is 24.3 Å². The third-order valence-corrected chi connectivity index (χ3v) is 5.39. The number of nitrogens with zero attached hydrogens (tertiary/aromatic N) is 1. The second-order valence-electron chi connectivity index (χ2n) is 7.84. The van der Waals surface area contributed by atoms with Gasteiger partial charge in [-0.05, 0) is 60.9 Å². The molecule has 1 amide bonds. The van der Waals surface area contributed by atoms with Crippen LogP contribution in [-0.2, 0) is 11.4 Å². The van der Waals surface area contributed by atoms with Crippen molar-refractivity contribution >= 4 is 17.7 Å². The Morgan fingerprint density at radius 3 is 2.60 bits per heavy atom. The molecule has 35 heavy (non-hydrogen) atoms. The number of aryl methyl sites for hydroxylation is 1. The molecule has 0 spiro atoms. The monoisotopic (exact) mass is 470 g/mol. The summed E-state index contributed by atoms with van der Waals surface area (Å²) in [5.74, 6) is 1.78. The zero-order valence-corrected chi connectivity index (χ0v) is 19.7. The number of anilines is 1. The lowest BCUT2D eigenvalue weighted by molar-refractivity contribution is -0.112. The average Bonchev–Trinajstić information content (AvgIpc) is 2.87. The van der Waals surface area contributed by atoms with Gasteiger partial charge < -0.3 is 24.3 Å². The first-order valence-electron chi connectivity index (χ1n) is 11.3. The minimum atomic E-state index is -0.526. The number of ether oxygens (including phenoxy) is 4. The van der Waals surface area contributed by atoms with Crippen LogP contribution in [0.2, 0.25) is 0 Å². The van der Waals surface area contributed by atoms with Crippen LogP contribution in [0.5, 0.6) is 23.0 Å². The predicted octanol–water partition coefficient (Wildman–Crippen LogP) is 5.29. The second-order valence-corrected chi connectivity index (χ2v) is 7.84. The maximum Gasteiger partial charge on any atom is 0.266 e. The fourth-order valence-corrected chi connectivity index (χ4v) is 3.56. The Hall–Kier alpha value is -4.44. The Morgan fingerprint density at radius 1 is 1.03 bits per heavy atom. The van der Waals surface area contributed by atoms with Gasteiger partial charge in [0.25, 0.3) is 5.91 Å². The number of rotatable bonds is 8. The molecule has 0 atom stereocenters. The number of fused-ring (bicyclic) bond motifs is 1. The van der Waals surface area contributed by atoms with Gasteiger partial charge in [-0.3, -0.25) is 4.79 Å². The number of nitriles is 1. The number of carbonyl (C=O) groups excluding carboxylic acids is 1. The van der Waals surface area contributed by atoms with E-state index in [1.54, 1.807) is 36.4 Å². The first-order valence-corrected chi connectivity index (χ1v) is 11.3. The Morgan fingerprint density at radius 2 is 1.83 bits per heavy atom. The molecular weight excluding hydrogens is 444 g/mol. The van der Waals surface area contributed by atoms with Gasteiger partial charge in [0.2, 0.25) is 0 Å². The van der Waals surface area contributed by atoms with Crippen molar-refractivity contribution in [2.24, 2.45) is 0 Å². The molecule has 1 N–H and O–H groups in total. The summed E-state index contributed by atoms with van der Waals surface area (Å²) >= 11 is 0. The summed E-state index contributed by atoms with van der Waals surface area (Å²) in [6, 6.07) is 20.4. The van der Waals surface area contributed by atoms with Gasteiger partial charge in [-0.2, -0.15) is 5.26 Å². The smallest absolute Gasteiger partial charge is 0.266 e. The van der Waals surface area contributed by atoms with Crippen molar-refractivity contribution in [3.63, 3.8) is 0 Å². The van der Waals surface area contributed by atoms with Crippen molar-refractivity contribution in [1.82, 2.24) is 0 Å². The Balaban J connectivity index is 1.50. The van der Waals surface area contributed by atoms with Gasteiger partial charge in [0.05, 0.1) is 6.61 Å². The molecule has 1 heterocycles. The SMILES string of the molecule is CCOc1cc(/C=C(\C#N)C(=O)Nc2ccc3c(c2)OCCO3)ccc1OCc1ccccc1C. The summed E-state index contributed by atoms with van der Waals surface area (Å²) in [5, 5.41) is 12.3. The minimum Gasteiger partial charge on any atom is -0.490 e. The maximum absolute atomic E-state index is 12.8. The molecule has 0 aromatic heterocycles. The summed E-state index contributed by atoms with van der Waals surface area (Å²) in [4.78, 5) is 12.8. The first-order chi connectivity index (χ1) is 17.1. The largest absolute Gasteiger partial charge is 0.490 e. The summed E-state index contributed by atoms with van der Waals surface area (Å²) < 4.78 is 22.8. The second kappa shape index (κ2) is 11.1. The highest BCUT2D eigenvalue weighted by Crippen LogP contribution is 2.33. The predicted molar refractivity (Wildman–Crippen MR) is 133 cm³/mol. The molecule has 7 heteroatoms. The molecule has 1 aliphatic rings. The zero-order chi connectivity index (χ0) is 24.6. The van der Waals surface area contributed by atoms with E-state index in [1.807, 2.05) is 44.2 Å². The van der Waals surface area contributed by atoms with Gasteiger partial charge in [0.15, 0.2) is 23.0 Å². The molecule has 178 valence electrons. The highest BCUT2D eigenvalue weighted by atomic mass is 16.6. The van der Waals surface area contributed by atoms with E-state index >= 15 is 0 Å². The van der Waals surface area contributed by atoms with Gasteiger partial charge in [-0.1, -0.05) is 30.3 Å². The van der Waals surface area contributed by atoms with Crippen LogP contribution in [0, 0.1) is 18.3 Å². The van der Waals surface area contributed by atoms with Gasteiger partial charge in [0, 0.05) is 11.8 Å². The van der Waals surface area contributed by atoms with Crippen LogP contribution in [0.3, 0.4) is 0 Å². The first kappa shape index (κ1) is 23.7. The van der Waals surface area contributed by atoms with E-state index in [0.717, 1.165) is 11.1 Å². The topological polar surface area (TPSA) is 89.8 Å². The number of hydrogen-bond donors (Lipinski definition) is 1. The highest BCUT2D eigenvalue weighted by molar-refractivity contribution is 6.09. The number of amides is 1. The lowest BCUT2D eigenvalue weighted by atomic mass is 10.1. The van der Waals surface area contributed by atoms with E-state index in [-0.39, 0.29) is 5.57 Å². The van der Waals surface area contributed by atoms with Crippen LogP contribution in [0.4, 0.5) is 5.69 Å². The molecule has 0 fully saturated rings. The van der Waals surface area contributed by atoms with E-state index in [4.69, 9.17) is 18.9 Å². The maximum atomic E-state index is 12.8. The fourth-order valence-electron chi connectivity index (χ4n) is 3.56. The molecule has 1 aliphatic heterocycles. The number of benzene rings is 3. The number of nitrogens with one attached hydrogen (secondary N) is 1. The van der Waals surface area contributed by atoms with E-state index in [2.05, 4.69) is 5.32 Å². The lowest BCUT2D eigenvalue weighted by Crippen LogP contribution is -2.17. The number of hydrogen-bond acceptors (Lipinski definition) is 6. The summed E-state index contributed by atoms with van der Waals surface area (Å²) in [6.45, 7) is 5.71. The highest BCUT2D eigenvalue weighted by Gasteiger charge is 2.15. The standard InChI is InChI=1S/C28H26N2O5/c1-3-32-26-15-20(8-10-25(26)35-18-21-7-5-4-6-19(21)2)14-22(17-29)28(31)30-23-9-11-24-27(16-23)34-13-12-33-24/h4-11,14-16H,3,12-13,18H2,1-2H3,(H,30,31)/b22-14+. The fraction of sp³-hybridized carbons (Fsp3) is 0.214. The summed E-state index contributed by atoms with van der Waals surface area (Å²) in [7, 11) is 0. The van der Waals surface area contributed by atoms with Gasteiger partial charge in [-0.25, -0.2) is 0 Å². The van der Waals surface area contributed by atoms with Crippen molar-refractivity contribution in [1.29, 1.82) is 5.26 Å². The van der Waals surface area contributed by atoms with E-state index in [0.29, 0.717) is 60.7 Å². The zero-order valence-electron chi connectivity index (χ0n) is 19.7. The van der Waals surface area contributed by atoms with E-state index in [9.17, 15) is 10.1 Å². The molecule has 3 aromatic carbocycles. The Bertz CT molecular complexity index is 1290. The van der Waals surface area contributed by atoms with E-state index in [1.165, 1.54) is 6.08 Å². The normalized spacial score (nSPS) is 12.4. The Labute approximate surface area is 204 Å². The molecule has 0 unspecified atom stereocenters. The average molecular weight is 471 g/mol. The number of carbonyl (C=O) groups is 1. The summed E-state index contributed by atoms with van der Waals surface area (Å²) in [5.41, 5.74) is 3.34. The van der Waals surface area contributed by atoms with Crippen LogP contribution in [0.25, 0.3) is 6.08 Å². The van der Waals surface area contributed by atoms with Gasteiger partial charge >= 0.3 is 0 Å². The quantitative estimate of drug-likeness (QED) is 0.355. The van der Waals surface area contributed by atoms with Crippen LogP contribution >= 0.6 is 0 Å². The third kappa shape index (κ3) is 5.92. The molecule has 0 saturated carbocycles. The molecule has 0 bridgehead atoms. The summed E-state index contributed by atoms with van der Waals surface area (Å²) in [6.07, 6.45) is 1.51. The molecule has 0 aliphatic carbocycles. The Kier molecular flexibility index (Phi) is 7.53. The van der Waals surface area contributed by atoms with Crippen molar-refractivity contribution in [3.05, 3.63) is 82.9 Å². The molecule has 0 saturated heterocycles. The van der Waals surface area contributed by atoms with Crippen LogP contribution in [-0.4, -0.2) is 25.7 Å². The van der Waals surface area contributed by atoms with Crippen molar-refractivity contribution in [2.45, 2.75) is 20.5 Å². The van der Waals surface area contributed by atoms with Gasteiger partial charge in [0.1, 0.15) is 31.5 Å². The van der Waals surface area contributed by atoms with Crippen LogP contribution in [0.15, 0.2) is 66.2 Å². The van der Waals surface area contributed by atoms with Crippen molar-refractivity contribution in [3.8, 4) is 29.1 Å². The van der Waals surface area contributed by atoms with Crippen molar-refractivity contribution in [2.75, 3.05) is 25.1 Å². The molecule has 7 nitrogen and oxygen atoms in total. The van der Waals surface area contributed by atoms with Crippen molar-refractivity contribution < 1.29 is 23.7 Å². The minimum absolute atomic E-state index is 0.0454.